The summed E-state index contributed by atoms with van der Waals surface area (Å²) in [6.07, 6.45) is 0.461. The van der Waals surface area contributed by atoms with Crippen molar-refractivity contribution in [3.8, 4) is 6.07 Å². The van der Waals surface area contributed by atoms with Gasteiger partial charge in [-0.2, -0.15) is 5.26 Å². The first-order valence-electron chi connectivity index (χ1n) is 7.01. The third-order valence-electron chi connectivity index (χ3n) is 3.71. The van der Waals surface area contributed by atoms with Gasteiger partial charge in [0.25, 0.3) is 0 Å². The Labute approximate surface area is 130 Å². The Hall–Kier alpha value is -1.67. The molecule has 0 saturated heterocycles. The number of thiophene rings is 1. The normalized spacial score (nSPS) is 13.9. The summed E-state index contributed by atoms with van der Waals surface area (Å²) in [4.78, 5) is 3.53. The Morgan fingerprint density at radius 3 is 2.57 bits per heavy atom. The first kappa shape index (κ1) is 15.7. The van der Waals surface area contributed by atoms with Crippen molar-refractivity contribution in [2.24, 2.45) is 0 Å². The number of nitriles is 1. The van der Waals surface area contributed by atoms with Crippen molar-refractivity contribution in [2.75, 3.05) is 13.6 Å². The number of rotatable bonds is 6. The van der Waals surface area contributed by atoms with Crippen LogP contribution >= 0.6 is 11.3 Å². The molecule has 0 saturated carbocycles. The molecule has 0 spiro atoms. The van der Waals surface area contributed by atoms with E-state index < -0.39 is 6.10 Å². The van der Waals surface area contributed by atoms with Crippen LogP contribution in [0.25, 0.3) is 0 Å². The van der Waals surface area contributed by atoms with E-state index in [4.69, 9.17) is 5.26 Å². The summed E-state index contributed by atoms with van der Waals surface area (Å²) in [7, 11) is 2.03. The zero-order chi connectivity index (χ0) is 15.2. The zero-order valence-electron chi connectivity index (χ0n) is 12.4. The number of hydrogen-bond acceptors (Lipinski definition) is 4. The lowest BCUT2D eigenvalue weighted by Gasteiger charge is -2.27. The Balaban J connectivity index is 1.91. The fourth-order valence-corrected chi connectivity index (χ4v) is 3.04. The van der Waals surface area contributed by atoms with Crippen LogP contribution in [0.2, 0.25) is 0 Å². The first-order valence-corrected chi connectivity index (χ1v) is 7.89. The van der Waals surface area contributed by atoms with Crippen molar-refractivity contribution in [3.63, 3.8) is 0 Å². The van der Waals surface area contributed by atoms with E-state index >= 15 is 0 Å². The Bertz CT molecular complexity index is 586. The van der Waals surface area contributed by atoms with Gasteiger partial charge < -0.3 is 10.0 Å². The van der Waals surface area contributed by atoms with Crippen molar-refractivity contribution in [3.05, 3.63) is 57.8 Å². The largest absolute Gasteiger partial charge is 0.387 e. The third-order valence-corrected chi connectivity index (χ3v) is 4.61. The summed E-state index contributed by atoms with van der Waals surface area (Å²) in [5, 5.41) is 21.2. The molecule has 0 bridgehead atoms. The monoisotopic (exact) mass is 300 g/mol. The van der Waals surface area contributed by atoms with Crippen LogP contribution in [0.3, 0.4) is 0 Å². The predicted octanol–water partition coefficient (Wildman–Crippen LogP) is 3.22. The zero-order valence-corrected chi connectivity index (χ0v) is 13.2. The summed E-state index contributed by atoms with van der Waals surface area (Å²) in [5.41, 5.74) is 1.47. The molecule has 2 aromatic rings. The van der Waals surface area contributed by atoms with Crippen molar-refractivity contribution < 1.29 is 5.11 Å². The van der Waals surface area contributed by atoms with Crippen LogP contribution in [0.15, 0.2) is 41.8 Å². The highest BCUT2D eigenvalue weighted by Crippen LogP contribution is 2.18. The minimum absolute atomic E-state index is 0.372. The smallest absolute Gasteiger partial charge is 0.0991 e. The van der Waals surface area contributed by atoms with Crippen molar-refractivity contribution in [1.82, 2.24) is 4.90 Å². The molecule has 0 aliphatic carbocycles. The lowest BCUT2D eigenvalue weighted by atomic mass is 10.1. The Morgan fingerprint density at radius 2 is 2.00 bits per heavy atom. The second-order valence-corrected chi connectivity index (χ2v) is 6.35. The molecule has 3 nitrogen and oxygen atoms in total. The maximum atomic E-state index is 10.3. The molecule has 2 rings (SSSR count). The Kier molecular flexibility index (Phi) is 5.51. The predicted molar refractivity (Wildman–Crippen MR) is 86.2 cm³/mol. The first-order chi connectivity index (χ1) is 10.1. The number of benzene rings is 1. The van der Waals surface area contributed by atoms with Crippen molar-refractivity contribution in [2.45, 2.75) is 25.5 Å². The minimum atomic E-state index is -0.534. The lowest BCUT2D eigenvalue weighted by Crippen LogP contribution is -2.34. The van der Waals surface area contributed by atoms with Crippen LogP contribution in [0.1, 0.15) is 29.0 Å². The number of nitrogens with zero attached hydrogens (tertiary/aromatic N) is 2. The van der Waals surface area contributed by atoms with Gasteiger partial charge >= 0.3 is 0 Å². The van der Waals surface area contributed by atoms with Gasteiger partial charge in [0.2, 0.25) is 0 Å². The van der Waals surface area contributed by atoms with E-state index in [-0.39, 0.29) is 0 Å². The molecule has 110 valence electrons. The highest BCUT2D eigenvalue weighted by molar-refractivity contribution is 7.09. The van der Waals surface area contributed by atoms with Gasteiger partial charge in [-0.05, 0) is 49.5 Å². The highest BCUT2D eigenvalue weighted by Gasteiger charge is 2.16. The molecule has 0 amide bonds. The van der Waals surface area contributed by atoms with E-state index in [9.17, 15) is 5.11 Å². The van der Waals surface area contributed by atoms with Gasteiger partial charge in [-0.15, -0.1) is 11.3 Å². The van der Waals surface area contributed by atoms with Gasteiger partial charge in [0.15, 0.2) is 0 Å². The molecule has 2 atom stereocenters. The van der Waals surface area contributed by atoms with E-state index in [1.807, 2.05) is 19.2 Å². The van der Waals surface area contributed by atoms with E-state index in [0.717, 1.165) is 12.0 Å². The van der Waals surface area contributed by atoms with Crippen molar-refractivity contribution in [1.29, 1.82) is 5.26 Å². The average molecular weight is 300 g/mol. The summed E-state index contributed by atoms with van der Waals surface area (Å²) < 4.78 is 0. The van der Waals surface area contributed by atoms with Crippen LogP contribution in [-0.4, -0.2) is 29.6 Å². The topological polar surface area (TPSA) is 47.3 Å². The molecule has 0 aliphatic rings. The number of likely N-dealkylation sites (N-methyl/N-ethyl adjacent to an activating group) is 1. The molecule has 1 aromatic heterocycles. The van der Waals surface area contributed by atoms with E-state index in [1.54, 1.807) is 23.5 Å². The summed E-state index contributed by atoms with van der Waals surface area (Å²) in [6, 6.07) is 13.8. The van der Waals surface area contributed by atoms with E-state index in [1.165, 1.54) is 4.88 Å². The SMILES string of the molecule is CC(Cc1cccs1)N(C)CC(O)c1ccc(C#N)cc1. The number of aliphatic hydroxyl groups excluding tert-OH is 1. The fraction of sp³-hybridized carbons (Fsp3) is 0.353. The molecule has 0 fully saturated rings. The molecule has 1 heterocycles. The van der Waals surface area contributed by atoms with E-state index in [2.05, 4.69) is 35.4 Å². The molecule has 4 heteroatoms. The standard InChI is InChI=1S/C17H20N2OS/c1-13(10-16-4-3-9-21-16)19(2)12-17(20)15-7-5-14(11-18)6-8-15/h3-9,13,17,20H,10,12H2,1-2H3. The molecular weight excluding hydrogens is 280 g/mol. The second kappa shape index (κ2) is 7.37. The molecule has 21 heavy (non-hydrogen) atoms. The molecule has 2 unspecified atom stereocenters. The maximum Gasteiger partial charge on any atom is 0.0991 e. The van der Waals surface area contributed by atoms with Gasteiger partial charge in [0.1, 0.15) is 0 Å². The lowest BCUT2D eigenvalue weighted by molar-refractivity contribution is 0.108. The number of hydrogen-bond donors (Lipinski definition) is 1. The van der Waals surface area contributed by atoms with Crippen LogP contribution < -0.4 is 0 Å². The summed E-state index contributed by atoms with van der Waals surface area (Å²) in [6.45, 7) is 2.75. The van der Waals surface area contributed by atoms with Gasteiger partial charge in [-0.3, -0.25) is 0 Å². The van der Waals surface area contributed by atoms with E-state index in [0.29, 0.717) is 18.2 Å². The number of aliphatic hydroxyl groups is 1. The summed E-state index contributed by atoms with van der Waals surface area (Å²) >= 11 is 1.77. The molecule has 1 aromatic carbocycles. The van der Waals surface area contributed by atoms with Crippen LogP contribution in [0.5, 0.6) is 0 Å². The quantitative estimate of drug-likeness (QED) is 0.891. The molecule has 0 radical (unpaired) electrons. The van der Waals surface area contributed by atoms with Gasteiger partial charge in [-0.1, -0.05) is 18.2 Å². The van der Waals surface area contributed by atoms with Gasteiger partial charge in [-0.25, -0.2) is 0 Å². The third kappa shape index (κ3) is 4.40. The summed E-state index contributed by atoms with van der Waals surface area (Å²) in [5.74, 6) is 0. The Morgan fingerprint density at radius 1 is 1.29 bits per heavy atom. The average Bonchev–Trinajstić information content (AvgIpc) is 3.00. The molecular formula is C17H20N2OS. The molecule has 0 aliphatic heterocycles. The van der Waals surface area contributed by atoms with Crippen LogP contribution in [0.4, 0.5) is 0 Å². The van der Waals surface area contributed by atoms with Gasteiger partial charge in [0.05, 0.1) is 17.7 Å². The van der Waals surface area contributed by atoms with Crippen molar-refractivity contribution >= 4 is 11.3 Å². The highest BCUT2D eigenvalue weighted by atomic mass is 32.1. The van der Waals surface area contributed by atoms with Crippen LogP contribution in [-0.2, 0) is 6.42 Å². The van der Waals surface area contributed by atoms with Gasteiger partial charge in [0, 0.05) is 17.5 Å². The maximum absolute atomic E-state index is 10.3. The fourth-order valence-electron chi connectivity index (χ4n) is 2.21. The second-order valence-electron chi connectivity index (χ2n) is 5.32. The minimum Gasteiger partial charge on any atom is -0.387 e. The molecule has 1 N–H and O–H groups in total. The van der Waals surface area contributed by atoms with Crippen LogP contribution in [0, 0.1) is 11.3 Å².